The molecule has 2 aromatic rings. The molecule has 8 heteroatoms. The number of amides is 1. The van der Waals surface area contributed by atoms with Gasteiger partial charge in [0.2, 0.25) is 0 Å². The van der Waals surface area contributed by atoms with E-state index in [1.807, 2.05) is 13.0 Å². The number of phenolic OH excluding ortho intramolecular Hbond substituents is 1. The fourth-order valence-corrected chi connectivity index (χ4v) is 3.19. The first-order valence-electron chi connectivity index (χ1n) is 8.68. The number of halogens is 1. The largest absolute Gasteiger partial charge is 0.508 e. The van der Waals surface area contributed by atoms with Gasteiger partial charge in [0.1, 0.15) is 11.9 Å². The Kier molecular flexibility index (Phi) is 8.91. The van der Waals surface area contributed by atoms with Gasteiger partial charge in [0.05, 0.1) is 12.4 Å². The lowest BCUT2D eigenvalue weighted by Crippen LogP contribution is -2.23. The minimum absolute atomic E-state index is 0.00542. The maximum Gasteiger partial charge on any atom is 0.412 e. The molecule has 0 spiro atoms. The van der Waals surface area contributed by atoms with Crippen LogP contribution in [0, 0.1) is 9.49 Å². The summed E-state index contributed by atoms with van der Waals surface area (Å²) in [6.07, 6.45) is -0.893. The molecule has 150 valence electrons. The Balaban J connectivity index is 2.14. The van der Waals surface area contributed by atoms with Crippen molar-refractivity contribution in [3.05, 3.63) is 57.7 Å². The van der Waals surface area contributed by atoms with E-state index in [-0.39, 0.29) is 24.0 Å². The lowest BCUT2D eigenvalue weighted by Gasteiger charge is -2.25. The molecule has 0 aliphatic carbocycles. The maximum atomic E-state index is 12.4. The fraction of sp³-hybridized carbons (Fsp3) is 0.300. The standard InChI is InChI=1S/C20H22INO5S/c1-13(9-10-26-18(24)12-28)19(16-11-14(21)7-8-17(16)23)27-20(25)22-15-5-3-2-4-6-15/h2-8,11,13,19,23,28H,9-10,12H2,1H3,(H,22,25)/t13-,19-/m1/s1. The number of phenols is 1. The van der Waals surface area contributed by atoms with Gasteiger partial charge >= 0.3 is 12.1 Å². The first-order chi connectivity index (χ1) is 13.4. The lowest BCUT2D eigenvalue weighted by atomic mass is 9.94. The number of aromatic hydroxyl groups is 1. The second-order valence-corrected chi connectivity index (χ2v) is 7.73. The summed E-state index contributed by atoms with van der Waals surface area (Å²) < 4.78 is 11.6. The lowest BCUT2D eigenvalue weighted by molar-refractivity contribution is -0.141. The van der Waals surface area contributed by atoms with Crippen molar-refractivity contribution in [2.75, 3.05) is 17.7 Å². The second kappa shape index (κ2) is 11.2. The van der Waals surface area contributed by atoms with Crippen LogP contribution in [0.25, 0.3) is 0 Å². The molecule has 0 unspecified atom stereocenters. The molecule has 0 saturated carbocycles. The molecule has 2 rings (SSSR count). The normalized spacial score (nSPS) is 12.7. The van der Waals surface area contributed by atoms with E-state index in [0.29, 0.717) is 17.7 Å². The summed E-state index contributed by atoms with van der Waals surface area (Å²) in [7, 11) is 0. The number of rotatable bonds is 8. The van der Waals surface area contributed by atoms with E-state index in [2.05, 4.69) is 40.5 Å². The van der Waals surface area contributed by atoms with Gasteiger partial charge in [0, 0.05) is 20.7 Å². The molecule has 0 aromatic heterocycles. The zero-order valence-corrected chi connectivity index (χ0v) is 18.4. The first-order valence-corrected chi connectivity index (χ1v) is 10.4. The third kappa shape index (κ3) is 6.90. The molecular formula is C20H22INO5S. The maximum absolute atomic E-state index is 12.4. The highest BCUT2D eigenvalue weighted by atomic mass is 127. The molecule has 0 bridgehead atoms. The number of esters is 1. The molecule has 0 aliphatic heterocycles. The van der Waals surface area contributed by atoms with Crippen molar-refractivity contribution in [2.24, 2.45) is 5.92 Å². The average Bonchev–Trinajstić information content (AvgIpc) is 2.68. The molecule has 0 radical (unpaired) electrons. The van der Waals surface area contributed by atoms with Gasteiger partial charge in [0.15, 0.2) is 0 Å². The van der Waals surface area contributed by atoms with Gasteiger partial charge in [-0.25, -0.2) is 4.79 Å². The Morgan fingerprint density at radius 1 is 1.21 bits per heavy atom. The highest BCUT2D eigenvalue weighted by Crippen LogP contribution is 2.35. The number of benzene rings is 2. The molecule has 2 atom stereocenters. The molecule has 0 fully saturated rings. The summed E-state index contributed by atoms with van der Waals surface area (Å²) in [5.74, 6) is -0.576. The average molecular weight is 515 g/mol. The van der Waals surface area contributed by atoms with Crippen molar-refractivity contribution in [1.82, 2.24) is 0 Å². The van der Waals surface area contributed by atoms with Crippen LogP contribution in [0.4, 0.5) is 10.5 Å². The molecule has 0 saturated heterocycles. The third-order valence-electron chi connectivity index (χ3n) is 4.03. The molecule has 0 heterocycles. The Morgan fingerprint density at radius 3 is 2.61 bits per heavy atom. The van der Waals surface area contributed by atoms with Gasteiger partial charge in [-0.05, 0) is 59.3 Å². The molecular weight excluding hydrogens is 493 g/mol. The highest BCUT2D eigenvalue weighted by Gasteiger charge is 2.27. The fourth-order valence-electron chi connectivity index (χ4n) is 2.58. The number of hydrogen-bond donors (Lipinski definition) is 3. The predicted molar refractivity (Wildman–Crippen MR) is 119 cm³/mol. The van der Waals surface area contributed by atoms with Crippen molar-refractivity contribution in [2.45, 2.75) is 19.4 Å². The molecule has 0 aliphatic rings. The van der Waals surface area contributed by atoms with Crippen LogP contribution < -0.4 is 5.32 Å². The van der Waals surface area contributed by atoms with Gasteiger partial charge in [-0.3, -0.25) is 10.1 Å². The van der Waals surface area contributed by atoms with Gasteiger partial charge in [-0.1, -0.05) is 25.1 Å². The number of ether oxygens (including phenoxy) is 2. The van der Waals surface area contributed by atoms with Crippen molar-refractivity contribution in [3.63, 3.8) is 0 Å². The van der Waals surface area contributed by atoms with Gasteiger partial charge in [-0.15, -0.1) is 0 Å². The second-order valence-electron chi connectivity index (χ2n) is 6.16. The van der Waals surface area contributed by atoms with Crippen LogP contribution >= 0.6 is 35.2 Å². The molecule has 1 amide bonds. The van der Waals surface area contributed by atoms with E-state index in [0.717, 1.165) is 3.57 Å². The number of para-hydroxylation sites is 1. The molecule has 2 N–H and O–H groups in total. The first kappa shape index (κ1) is 22.4. The minimum atomic E-state index is -0.715. The Hall–Kier alpha value is -1.94. The van der Waals surface area contributed by atoms with E-state index in [4.69, 9.17) is 9.47 Å². The third-order valence-corrected chi connectivity index (χ3v) is 4.96. The Morgan fingerprint density at radius 2 is 1.93 bits per heavy atom. The number of nitrogens with one attached hydrogen (secondary N) is 1. The molecule has 28 heavy (non-hydrogen) atoms. The van der Waals surface area contributed by atoms with Crippen LogP contribution in [0.3, 0.4) is 0 Å². The van der Waals surface area contributed by atoms with Crippen LogP contribution in [0.15, 0.2) is 48.5 Å². The van der Waals surface area contributed by atoms with Gasteiger partial charge < -0.3 is 14.6 Å². The van der Waals surface area contributed by atoms with E-state index in [9.17, 15) is 14.7 Å². The summed E-state index contributed by atoms with van der Waals surface area (Å²) >= 11 is 6.00. The van der Waals surface area contributed by atoms with E-state index in [1.54, 1.807) is 42.5 Å². The Labute approximate surface area is 183 Å². The minimum Gasteiger partial charge on any atom is -0.508 e. The predicted octanol–water partition coefficient (Wildman–Crippen LogP) is 4.79. The van der Waals surface area contributed by atoms with Crippen LogP contribution in [0.2, 0.25) is 0 Å². The zero-order valence-electron chi connectivity index (χ0n) is 15.3. The van der Waals surface area contributed by atoms with E-state index in [1.165, 1.54) is 0 Å². The SMILES string of the molecule is C[C@H](CCOC(=O)CS)[C@@H](OC(=O)Nc1ccccc1)c1cc(I)ccc1O. The van der Waals surface area contributed by atoms with Crippen LogP contribution in [-0.2, 0) is 14.3 Å². The summed E-state index contributed by atoms with van der Waals surface area (Å²) in [6, 6.07) is 14.0. The van der Waals surface area contributed by atoms with Crippen molar-refractivity contribution in [1.29, 1.82) is 0 Å². The number of thiol groups is 1. The van der Waals surface area contributed by atoms with Crippen LogP contribution in [0.1, 0.15) is 25.0 Å². The van der Waals surface area contributed by atoms with Crippen molar-refractivity contribution < 1.29 is 24.2 Å². The quantitative estimate of drug-likeness (QED) is 0.268. The number of carbonyl (C=O) groups excluding carboxylic acids is 2. The number of hydrogen-bond acceptors (Lipinski definition) is 6. The zero-order chi connectivity index (χ0) is 20.5. The van der Waals surface area contributed by atoms with E-state index >= 15 is 0 Å². The number of carbonyl (C=O) groups is 2. The van der Waals surface area contributed by atoms with Gasteiger partial charge in [-0.2, -0.15) is 12.6 Å². The summed E-state index contributed by atoms with van der Waals surface area (Å²) in [5, 5.41) is 13.0. The number of anilines is 1. The van der Waals surface area contributed by atoms with Crippen molar-refractivity contribution in [3.8, 4) is 5.75 Å². The Bertz CT molecular complexity index is 802. The smallest absolute Gasteiger partial charge is 0.412 e. The van der Waals surface area contributed by atoms with Gasteiger partial charge in [0.25, 0.3) is 0 Å². The summed E-state index contributed by atoms with van der Waals surface area (Å²) in [4.78, 5) is 23.7. The van der Waals surface area contributed by atoms with Crippen LogP contribution in [-0.4, -0.2) is 29.5 Å². The van der Waals surface area contributed by atoms with E-state index < -0.39 is 18.2 Å². The monoisotopic (exact) mass is 515 g/mol. The molecule has 2 aromatic carbocycles. The topological polar surface area (TPSA) is 84.9 Å². The van der Waals surface area contributed by atoms with Crippen LogP contribution in [0.5, 0.6) is 5.75 Å². The summed E-state index contributed by atoms with van der Waals surface area (Å²) in [5.41, 5.74) is 1.11. The summed E-state index contributed by atoms with van der Waals surface area (Å²) in [6.45, 7) is 2.04. The highest BCUT2D eigenvalue weighted by molar-refractivity contribution is 14.1. The van der Waals surface area contributed by atoms with Crippen molar-refractivity contribution >= 4 is 53.0 Å². The molecule has 6 nitrogen and oxygen atoms in total.